The second-order valence-corrected chi connectivity index (χ2v) is 7.48. The van der Waals surface area contributed by atoms with Crippen LogP contribution in [0.5, 0.6) is 0 Å². The minimum Gasteiger partial charge on any atom is -0.265 e. The van der Waals surface area contributed by atoms with E-state index in [0.29, 0.717) is 0 Å². The zero-order valence-electron chi connectivity index (χ0n) is 13.3. The highest BCUT2D eigenvalue weighted by Gasteiger charge is 2.33. The number of rotatable bonds is 5. The molecule has 0 atom stereocenters. The maximum atomic E-state index is 12.9. The molecule has 1 aromatic carbocycles. The normalized spacial score (nSPS) is 12.6. The van der Waals surface area contributed by atoms with Gasteiger partial charge < -0.3 is 0 Å². The predicted molar refractivity (Wildman–Crippen MR) is 81.8 cm³/mol. The van der Waals surface area contributed by atoms with Gasteiger partial charge in [-0.05, 0) is 24.1 Å². The van der Waals surface area contributed by atoms with Gasteiger partial charge >= 0.3 is 6.18 Å². The molecule has 0 amide bonds. The number of anilines is 1. The SMILES string of the molecule is CC(C)CN(c1cccc(C(F)(F)F)c1)S(=O)(=O)c1cnnn1C. The van der Waals surface area contributed by atoms with Gasteiger partial charge in [-0.15, -0.1) is 5.10 Å². The first-order valence-electron chi connectivity index (χ1n) is 7.08. The second-order valence-electron chi connectivity index (χ2n) is 5.67. The quantitative estimate of drug-likeness (QED) is 0.820. The lowest BCUT2D eigenvalue weighted by Gasteiger charge is -2.26. The first-order valence-corrected chi connectivity index (χ1v) is 8.52. The summed E-state index contributed by atoms with van der Waals surface area (Å²) in [6.45, 7) is 3.57. The van der Waals surface area contributed by atoms with E-state index in [0.717, 1.165) is 27.3 Å². The highest BCUT2D eigenvalue weighted by Crippen LogP contribution is 2.33. The third kappa shape index (κ3) is 3.69. The number of aromatic nitrogens is 3. The van der Waals surface area contributed by atoms with E-state index in [-0.39, 0.29) is 23.2 Å². The van der Waals surface area contributed by atoms with Crippen molar-refractivity contribution in [2.24, 2.45) is 13.0 Å². The number of benzene rings is 1. The van der Waals surface area contributed by atoms with Crippen LogP contribution in [-0.2, 0) is 23.2 Å². The van der Waals surface area contributed by atoms with Gasteiger partial charge in [0.1, 0.15) is 0 Å². The number of aryl methyl sites for hydroxylation is 1. The molecule has 0 aliphatic rings. The zero-order chi connectivity index (χ0) is 18.1. The summed E-state index contributed by atoms with van der Waals surface area (Å²) in [4.78, 5) is 0. The Bertz CT molecular complexity index is 815. The summed E-state index contributed by atoms with van der Waals surface area (Å²) in [6.07, 6.45) is -3.49. The maximum Gasteiger partial charge on any atom is 0.416 e. The van der Waals surface area contributed by atoms with E-state index < -0.39 is 21.8 Å². The van der Waals surface area contributed by atoms with Gasteiger partial charge in [0.2, 0.25) is 0 Å². The van der Waals surface area contributed by atoms with Crippen LogP contribution in [0.25, 0.3) is 0 Å². The van der Waals surface area contributed by atoms with Crippen LogP contribution in [0.15, 0.2) is 35.5 Å². The minimum atomic E-state index is -4.56. The van der Waals surface area contributed by atoms with Crippen LogP contribution in [0, 0.1) is 5.92 Å². The summed E-state index contributed by atoms with van der Waals surface area (Å²) in [6, 6.07) is 4.24. The Morgan fingerprint density at radius 1 is 1.29 bits per heavy atom. The summed E-state index contributed by atoms with van der Waals surface area (Å²) in [5.74, 6) is -0.101. The second kappa shape index (κ2) is 6.42. The summed E-state index contributed by atoms with van der Waals surface area (Å²) < 4.78 is 66.5. The smallest absolute Gasteiger partial charge is 0.265 e. The first kappa shape index (κ1) is 18.2. The molecule has 0 saturated carbocycles. The lowest BCUT2D eigenvalue weighted by Crippen LogP contribution is -2.35. The van der Waals surface area contributed by atoms with E-state index in [4.69, 9.17) is 0 Å². The molecule has 0 bridgehead atoms. The third-order valence-electron chi connectivity index (χ3n) is 3.22. The summed E-state index contributed by atoms with van der Waals surface area (Å²) >= 11 is 0. The van der Waals surface area contributed by atoms with E-state index in [1.54, 1.807) is 13.8 Å². The van der Waals surface area contributed by atoms with Gasteiger partial charge in [-0.1, -0.05) is 25.1 Å². The molecular weight excluding hydrogens is 345 g/mol. The van der Waals surface area contributed by atoms with E-state index in [1.165, 1.54) is 19.2 Å². The van der Waals surface area contributed by atoms with Gasteiger partial charge in [0.25, 0.3) is 10.0 Å². The van der Waals surface area contributed by atoms with E-state index in [9.17, 15) is 21.6 Å². The van der Waals surface area contributed by atoms with Crippen molar-refractivity contribution in [1.29, 1.82) is 0 Å². The van der Waals surface area contributed by atoms with E-state index in [1.807, 2.05) is 0 Å². The fourth-order valence-electron chi connectivity index (χ4n) is 2.14. The number of hydrogen-bond acceptors (Lipinski definition) is 4. The van der Waals surface area contributed by atoms with Crippen molar-refractivity contribution in [1.82, 2.24) is 15.0 Å². The predicted octanol–water partition coefficient (Wildman–Crippen LogP) is 2.69. The summed E-state index contributed by atoms with van der Waals surface area (Å²) in [5.41, 5.74) is -0.966. The number of hydrogen-bond donors (Lipinski definition) is 0. The zero-order valence-corrected chi connectivity index (χ0v) is 14.1. The molecule has 0 fully saturated rings. The van der Waals surface area contributed by atoms with Crippen molar-refractivity contribution < 1.29 is 21.6 Å². The fourth-order valence-corrected chi connectivity index (χ4v) is 3.80. The lowest BCUT2D eigenvalue weighted by atomic mass is 10.1. The number of nitrogens with zero attached hydrogens (tertiary/aromatic N) is 4. The Hall–Kier alpha value is -2.10. The van der Waals surface area contributed by atoms with Gasteiger partial charge in [-0.2, -0.15) is 21.6 Å². The molecule has 1 heterocycles. The van der Waals surface area contributed by atoms with Crippen molar-refractivity contribution >= 4 is 15.7 Å². The Labute approximate surface area is 137 Å². The maximum absolute atomic E-state index is 12.9. The monoisotopic (exact) mass is 362 g/mol. The molecule has 6 nitrogen and oxygen atoms in total. The summed E-state index contributed by atoms with van der Waals surface area (Å²) in [7, 11) is -2.69. The first-order chi connectivity index (χ1) is 11.0. The van der Waals surface area contributed by atoms with E-state index in [2.05, 4.69) is 10.3 Å². The fraction of sp³-hybridized carbons (Fsp3) is 0.429. The van der Waals surface area contributed by atoms with Gasteiger partial charge in [-0.3, -0.25) is 4.31 Å². The Kier molecular flexibility index (Phi) is 4.88. The van der Waals surface area contributed by atoms with Gasteiger partial charge in [0.15, 0.2) is 5.03 Å². The Balaban J connectivity index is 2.57. The molecule has 2 rings (SSSR count). The molecule has 0 N–H and O–H groups in total. The molecule has 0 unspecified atom stereocenters. The van der Waals surface area contributed by atoms with Crippen molar-refractivity contribution in [3.05, 3.63) is 36.0 Å². The van der Waals surface area contributed by atoms with Gasteiger partial charge in [-0.25, -0.2) is 4.68 Å². The minimum absolute atomic E-state index is 0.0226. The third-order valence-corrected chi connectivity index (χ3v) is 5.06. The molecule has 132 valence electrons. The molecule has 1 aromatic heterocycles. The molecule has 0 aliphatic heterocycles. The molecule has 24 heavy (non-hydrogen) atoms. The highest BCUT2D eigenvalue weighted by atomic mass is 32.2. The van der Waals surface area contributed by atoms with Gasteiger partial charge in [0, 0.05) is 13.6 Å². The molecule has 0 saturated heterocycles. The molecule has 0 aliphatic carbocycles. The number of halogens is 3. The van der Waals surface area contributed by atoms with Crippen LogP contribution in [0.4, 0.5) is 18.9 Å². The Morgan fingerprint density at radius 3 is 2.46 bits per heavy atom. The van der Waals surface area contributed by atoms with Crippen molar-refractivity contribution in [3.8, 4) is 0 Å². The largest absolute Gasteiger partial charge is 0.416 e. The van der Waals surface area contributed by atoms with Crippen LogP contribution in [-0.4, -0.2) is 30.0 Å². The van der Waals surface area contributed by atoms with Gasteiger partial charge in [0.05, 0.1) is 17.4 Å². The molecule has 2 aromatic rings. The number of sulfonamides is 1. The van der Waals surface area contributed by atoms with Crippen molar-refractivity contribution in [2.45, 2.75) is 25.0 Å². The van der Waals surface area contributed by atoms with Crippen molar-refractivity contribution in [2.75, 3.05) is 10.8 Å². The topological polar surface area (TPSA) is 68.1 Å². The lowest BCUT2D eigenvalue weighted by molar-refractivity contribution is -0.137. The molecule has 10 heteroatoms. The van der Waals surface area contributed by atoms with Crippen LogP contribution in [0.3, 0.4) is 0 Å². The van der Waals surface area contributed by atoms with E-state index >= 15 is 0 Å². The molecule has 0 radical (unpaired) electrons. The van der Waals surface area contributed by atoms with Crippen LogP contribution >= 0.6 is 0 Å². The average molecular weight is 362 g/mol. The standard InChI is InChI=1S/C14H17F3N4O2S/c1-10(2)9-21(24(22,23)13-8-18-19-20(13)3)12-6-4-5-11(7-12)14(15,16)17/h4-8,10H,9H2,1-3H3. The van der Waals surface area contributed by atoms with Crippen LogP contribution < -0.4 is 4.31 Å². The molecule has 0 spiro atoms. The molecular formula is C14H17F3N4O2S. The van der Waals surface area contributed by atoms with Crippen LogP contribution in [0.2, 0.25) is 0 Å². The van der Waals surface area contributed by atoms with Crippen molar-refractivity contribution in [3.63, 3.8) is 0 Å². The highest BCUT2D eigenvalue weighted by molar-refractivity contribution is 7.92. The summed E-state index contributed by atoms with van der Waals surface area (Å²) in [5, 5.41) is 6.91. The number of alkyl halides is 3. The Morgan fingerprint density at radius 2 is 1.96 bits per heavy atom. The average Bonchev–Trinajstić information content (AvgIpc) is 2.90. The van der Waals surface area contributed by atoms with Crippen LogP contribution in [0.1, 0.15) is 19.4 Å².